The minimum atomic E-state index is -0.242. The third kappa shape index (κ3) is 5.94. The Morgan fingerprint density at radius 2 is 1.72 bits per heavy atom. The zero-order chi connectivity index (χ0) is 21.2. The predicted octanol–water partition coefficient (Wildman–Crippen LogP) is 2.96. The van der Waals surface area contributed by atoms with Crippen LogP contribution in [0.5, 0.6) is 17.2 Å². The lowest BCUT2D eigenvalue weighted by Crippen LogP contribution is -2.21. The fourth-order valence-corrected chi connectivity index (χ4v) is 2.67. The molecule has 0 aliphatic heterocycles. The van der Waals surface area contributed by atoms with E-state index in [4.69, 9.17) is 14.2 Å². The lowest BCUT2D eigenvalue weighted by molar-refractivity contribution is -0.116. The van der Waals surface area contributed by atoms with E-state index >= 15 is 0 Å². The highest BCUT2D eigenvalue weighted by molar-refractivity contribution is 5.92. The van der Waals surface area contributed by atoms with E-state index in [1.54, 1.807) is 39.5 Å². The molecule has 0 aliphatic carbocycles. The first kappa shape index (κ1) is 21.7. The van der Waals surface area contributed by atoms with Crippen LogP contribution in [0.15, 0.2) is 42.5 Å². The Hall–Kier alpha value is -3.59. The SMILES string of the molecule is COc1cc(/C=C/C(=O)NCC#Cc2ccccc2N(C)C)cc(OC)c1OC. The maximum Gasteiger partial charge on any atom is 0.244 e. The number of methoxy groups -OCH3 is 3. The largest absolute Gasteiger partial charge is 0.493 e. The van der Waals surface area contributed by atoms with Gasteiger partial charge in [-0.15, -0.1) is 0 Å². The Bertz CT molecular complexity index is 914. The molecule has 152 valence electrons. The minimum Gasteiger partial charge on any atom is -0.493 e. The number of anilines is 1. The first-order valence-electron chi connectivity index (χ1n) is 9.01. The van der Waals surface area contributed by atoms with Crippen molar-refractivity contribution < 1.29 is 19.0 Å². The molecule has 0 radical (unpaired) electrons. The number of amides is 1. The molecular formula is C23H26N2O4. The van der Waals surface area contributed by atoms with Crippen LogP contribution in [0.1, 0.15) is 11.1 Å². The summed E-state index contributed by atoms with van der Waals surface area (Å²) >= 11 is 0. The lowest BCUT2D eigenvalue weighted by Gasteiger charge is -2.13. The highest BCUT2D eigenvalue weighted by Crippen LogP contribution is 2.38. The van der Waals surface area contributed by atoms with Gasteiger partial charge in [0.25, 0.3) is 0 Å². The number of hydrogen-bond acceptors (Lipinski definition) is 5. The van der Waals surface area contributed by atoms with Gasteiger partial charge in [0.15, 0.2) is 11.5 Å². The molecule has 1 amide bonds. The standard InChI is InChI=1S/C23H26N2O4/c1-25(2)19-11-7-6-9-18(19)10-8-14-24-22(26)13-12-17-15-20(27-3)23(29-5)21(16-17)28-4/h6-7,9,11-13,15-16H,14H2,1-5H3,(H,24,26)/b13-12+. The molecule has 6 heteroatoms. The number of rotatable bonds is 7. The van der Waals surface area contributed by atoms with Gasteiger partial charge in [0.1, 0.15) is 0 Å². The number of carbonyl (C=O) groups is 1. The van der Waals surface area contributed by atoms with Gasteiger partial charge in [-0.2, -0.15) is 0 Å². The van der Waals surface area contributed by atoms with Crippen molar-refractivity contribution in [2.24, 2.45) is 0 Å². The van der Waals surface area contributed by atoms with E-state index < -0.39 is 0 Å². The van der Waals surface area contributed by atoms with E-state index in [1.165, 1.54) is 6.08 Å². The Morgan fingerprint density at radius 3 is 2.31 bits per heavy atom. The van der Waals surface area contributed by atoms with Crippen molar-refractivity contribution in [3.05, 3.63) is 53.6 Å². The number of para-hydroxylation sites is 1. The fourth-order valence-electron chi connectivity index (χ4n) is 2.67. The lowest BCUT2D eigenvalue weighted by atomic mass is 10.1. The van der Waals surface area contributed by atoms with Crippen molar-refractivity contribution in [1.82, 2.24) is 5.32 Å². The molecule has 0 unspecified atom stereocenters. The van der Waals surface area contributed by atoms with Crippen LogP contribution < -0.4 is 24.4 Å². The van der Waals surface area contributed by atoms with Crippen LogP contribution in [-0.2, 0) is 4.79 Å². The van der Waals surface area contributed by atoms with Gasteiger partial charge < -0.3 is 24.4 Å². The van der Waals surface area contributed by atoms with Crippen LogP contribution in [0.25, 0.3) is 6.08 Å². The zero-order valence-corrected chi connectivity index (χ0v) is 17.4. The molecule has 2 rings (SSSR count). The van der Waals surface area contributed by atoms with Crippen molar-refractivity contribution in [2.45, 2.75) is 0 Å². The van der Waals surface area contributed by atoms with Crippen LogP contribution >= 0.6 is 0 Å². The van der Waals surface area contributed by atoms with Crippen molar-refractivity contribution >= 4 is 17.7 Å². The van der Waals surface area contributed by atoms with E-state index in [0.717, 1.165) is 16.8 Å². The van der Waals surface area contributed by atoms with Gasteiger partial charge in [-0.1, -0.05) is 24.0 Å². The molecule has 0 spiro atoms. The summed E-state index contributed by atoms with van der Waals surface area (Å²) < 4.78 is 15.9. The van der Waals surface area contributed by atoms with Gasteiger partial charge >= 0.3 is 0 Å². The average molecular weight is 394 g/mol. The number of nitrogens with one attached hydrogen (secondary N) is 1. The van der Waals surface area contributed by atoms with Crippen molar-refractivity contribution in [2.75, 3.05) is 46.9 Å². The third-order valence-electron chi connectivity index (χ3n) is 4.07. The number of hydrogen-bond donors (Lipinski definition) is 1. The molecule has 0 fully saturated rings. The van der Waals surface area contributed by atoms with Gasteiger partial charge in [-0.3, -0.25) is 4.79 Å². The quantitative estimate of drug-likeness (QED) is 0.578. The molecule has 0 saturated carbocycles. The Morgan fingerprint density at radius 1 is 1.07 bits per heavy atom. The molecule has 0 saturated heterocycles. The number of benzene rings is 2. The second-order valence-electron chi connectivity index (χ2n) is 6.22. The predicted molar refractivity (Wildman–Crippen MR) is 116 cm³/mol. The first-order valence-corrected chi connectivity index (χ1v) is 9.01. The molecule has 29 heavy (non-hydrogen) atoms. The Kier molecular flexibility index (Phi) is 7.99. The fraction of sp³-hybridized carbons (Fsp3) is 0.261. The summed E-state index contributed by atoms with van der Waals surface area (Å²) in [7, 11) is 8.57. The summed E-state index contributed by atoms with van der Waals surface area (Å²) in [6.45, 7) is 0.250. The normalized spacial score (nSPS) is 10.1. The zero-order valence-electron chi connectivity index (χ0n) is 17.4. The summed E-state index contributed by atoms with van der Waals surface area (Å²) in [5, 5.41) is 2.75. The van der Waals surface area contributed by atoms with Gasteiger partial charge in [0.05, 0.1) is 33.6 Å². The van der Waals surface area contributed by atoms with E-state index in [-0.39, 0.29) is 12.5 Å². The average Bonchev–Trinajstić information content (AvgIpc) is 2.74. The summed E-state index contributed by atoms with van der Waals surface area (Å²) in [5.74, 6) is 7.38. The van der Waals surface area contributed by atoms with Crippen LogP contribution in [0, 0.1) is 11.8 Å². The highest BCUT2D eigenvalue weighted by atomic mass is 16.5. The van der Waals surface area contributed by atoms with Crippen molar-refractivity contribution in [1.29, 1.82) is 0 Å². The summed E-state index contributed by atoms with van der Waals surface area (Å²) in [4.78, 5) is 14.1. The van der Waals surface area contributed by atoms with Gasteiger partial charge in [0.2, 0.25) is 11.7 Å². The molecule has 1 N–H and O–H groups in total. The Balaban J connectivity index is 2.01. The van der Waals surface area contributed by atoms with Gasteiger partial charge in [0, 0.05) is 25.7 Å². The maximum absolute atomic E-state index is 12.1. The second-order valence-corrected chi connectivity index (χ2v) is 6.22. The van der Waals surface area contributed by atoms with E-state index in [1.807, 2.05) is 43.3 Å². The van der Waals surface area contributed by atoms with Crippen molar-refractivity contribution in [3.8, 4) is 29.1 Å². The summed E-state index contributed by atoms with van der Waals surface area (Å²) in [6, 6.07) is 11.4. The van der Waals surface area contributed by atoms with Crippen molar-refractivity contribution in [3.63, 3.8) is 0 Å². The van der Waals surface area contributed by atoms with Crippen LogP contribution in [0.2, 0.25) is 0 Å². The molecule has 0 atom stereocenters. The molecule has 6 nitrogen and oxygen atoms in total. The maximum atomic E-state index is 12.1. The number of nitrogens with zero attached hydrogens (tertiary/aromatic N) is 1. The van der Waals surface area contributed by atoms with Crippen LogP contribution in [-0.4, -0.2) is 47.9 Å². The molecule has 0 aromatic heterocycles. The highest BCUT2D eigenvalue weighted by Gasteiger charge is 2.12. The molecule has 2 aromatic rings. The topological polar surface area (TPSA) is 60.0 Å². The molecule has 0 bridgehead atoms. The molecule has 0 aliphatic rings. The van der Waals surface area contributed by atoms with Crippen LogP contribution in [0.4, 0.5) is 5.69 Å². The summed E-state index contributed by atoms with van der Waals surface area (Å²) in [6.07, 6.45) is 3.12. The van der Waals surface area contributed by atoms with Gasteiger partial charge in [-0.25, -0.2) is 0 Å². The number of ether oxygens (including phenoxy) is 3. The molecule has 2 aromatic carbocycles. The Labute approximate surface area is 172 Å². The van der Waals surface area contributed by atoms with E-state index in [0.29, 0.717) is 17.2 Å². The second kappa shape index (κ2) is 10.7. The first-order chi connectivity index (χ1) is 14.0. The molecule has 0 heterocycles. The number of carbonyl (C=O) groups excluding carboxylic acids is 1. The monoisotopic (exact) mass is 394 g/mol. The van der Waals surface area contributed by atoms with E-state index in [2.05, 4.69) is 17.2 Å². The third-order valence-corrected chi connectivity index (χ3v) is 4.07. The summed E-state index contributed by atoms with van der Waals surface area (Å²) in [5.41, 5.74) is 2.70. The minimum absolute atomic E-state index is 0.242. The molecular weight excluding hydrogens is 368 g/mol. The van der Waals surface area contributed by atoms with E-state index in [9.17, 15) is 4.79 Å². The van der Waals surface area contributed by atoms with Crippen LogP contribution in [0.3, 0.4) is 0 Å². The smallest absolute Gasteiger partial charge is 0.244 e. The van der Waals surface area contributed by atoms with Gasteiger partial charge in [-0.05, 0) is 35.9 Å².